The predicted octanol–water partition coefficient (Wildman–Crippen LogP) is 1.84. The first-order chi connectivity index (χ1) is 7.91. The molecule has 18 heavy (non-hydrogen) atoms. The average Bonchev–Trinajstić information content (AvgIpc) is 2.28. The molecule has 4 nitrogen and oxygen atoms in total. The van der Waals surface area contributed by atoms with Crippen LogP contribution in [0.25, 0.3) is 0 Å². The average molecular weight is 273 g/mol. The van der Waals surface area contributed by atoms with Crippen molar-refractivity contribution in [3.63, 3.8) is 0 Å². The summed E-state index contributed by atoms with van der Waals surface area (Å²) >= 11 is 0. The van der Waals surface area contributed by atoms with Gasteiger partial charge in [-0.15, -0.1) is 12.4 Å². The lowest BCUT2D eigenvalue weighted by Crippen LogP contribution is -2.29. The highest BCUT2D eigenvalue weighted by atomic mass is 35.5. The molecule has 0 spiro atoms. The van der Waals surface area contributed by atoms with Crippen molar-refractivity contribution < 1.29 is 9.90 Å². The number of nitrogen functional groups attached to an aromatic ring is 1. The summed E-state index contributed by atoms with van der Waals surface area (Å²) in [6.07, 6.45) is 0.178. The fourth-order valence-electron chi connectivity index (χ4n) is 1.48. The third kappa shape index (κ3) is 4.55. The molecule has 0 aromatic heterocycles. The molecule has 0 heterocycles. The summed E-state index contributed by atoms with van der Waals surface area (Å²) in [4.78, 5) is 13.6. The van der Waals surface area contributed by atoms with E-state index in [-0.39, 0.29) is 18.3 Å². The van der Waals surface area contributed by atoms with Gasteiger partial charge in [-0.3, -0.25) is 4.79 Å². The van der Waals surface area contributed by atoms with Gasteiger partial charge in [0.25, 0.3) is 5.91 Å². The van der Waals surface area contributed by atoms with E-state index in [1.807, 2.05) is 13.0 Å². The molecule has 1 aromatic rings. The Kier molecular flexibility index (Phi) is 6.73. The van der Waals surface area contributed by atoms with Crippen LogP contribution in [0.2, 0.25) is 0 Å². The summed E-state index contributed by atoms with van der Waals surface area (Å²) < 4.78 is 0. The number of hydrogen-bond donors (Lipinski definition) is 2. The van der Waals surface area contributed by atoms with Crippen LogP contribution in [0.5, 0.6) is 0 Å². The first-order valence-corrected chi connectivity index (χ1v) is 5.71. The topological polar surface area (TPSA) is 66.6 Å². The van der Waals surface area contributed by atoms with Gasteiger partial charge < -0.3 is 15.7 Å². The molecule has 1 unspecified atom stereocenters. The van der Waals surface area contributed by atoms with Crippen LogP contribution in [0, 0.1) is 6.92 Å². The molecular weight excluding hydrogens is 252 g/mol. The fourth-order valence-corrected chi connectivity index (χ4v) is 1.48. The maximum Gasteiger partial charge on any atom is 0.253 e. The number of hydrogen-bond acceptors (Lipinski definition) is 3. The Hall–Kier alpha value is -1.26. The van der Waals surface area contributed by atoms with E-state index >= 15 is 0 Å². The van der Waals surface area contributed by atoms with Crippen molar-refractivity contribution in [3.8, 4) is 0 Å². The quantitative estimate of drug-likeness (QED) is 0.822. The minimum absolute atomic E-state index is 0. The molecule has 0 radical (unpaired) electrons. The second-order valence-corrected chi connectivity index (χ2v) is 4.44. The Morgan fingerprint density at radius 2 is 2.11 bits per heavy atom. The van der Waals surface area contributed by atoms with E-state index in [4.69, 9.17) is 5.73 Å². The number of aliphatic hydroxyl groups is 1. The Bertz CT molecular complexity index is 408. The number of anilines is 1. The Morgan fingerprint density at radius 1 is 1.50 bits per heavy atom. The highest BCUT2D eigenvalue weighted by Gasteiger charge is 2.12. The van der Waals surface area contributed by atoms with Crippen LogP contribution in [0.3, 0.4) is 0 Å². The van der Waals surface area contributed by atoms with Gasteiger partial charge in [-0.1, -0.05) is 6.07 Å². The second-order valence-electron chi connectivity index (χ2n) is 4.44. The second kappa shape index (κ2) is 7.24. The Morgan fingerprint density at radius 3 is 2.61 bits per heavy atom. The minimum atomic E-state index is -0.395. The summed E-state index contributed by atoms with van der Waals surface area (Å²) in [5.41, 5.74) is 7.95. The molecule has 5 heteroatoms. The molecule has 0 saturated heterocycles. The van der Waals surface area contributed by atoms with Crippen LogP contribution >= 0.6 is 12.4 Å². The molecule has 0 aliphatic heterocycles. The zero-order chi connectivity index (χ0) is 13.0. The van der Waals surface area contributed by atoms with E-state index < -0.39 is 6.10 Å². The van der Waals surface area contributed by atoms with Gasteiger partial charge in [-0.2, -0.15) is 0 Å². The van der Waals surface area contributed by atoms with Gasteiger partial charge in [0, 0.05) is 24.8 Å². The lowest BCUT2D eigenvalue weighted by Gasteiger charge is -2.18. The molecule has 0 saturated carbocycles. The summed E-state index contributed by atoms with van der Waals surface area (Å²) in [5, 5.41) is 9.18. The van der Waals surface area contributed by atoms with Gasteiger partial charge >= 0.3 is 0 Å². The zero-order valence-electron chi connectivity index (χ0n) is 11.0. The fraction of sp³-hybridized carbons (Fsp3) is 0.462. The minimum Gasteiger partial charge on any atom is -0.398 e. The lowest BCUT2D eigenvalue weighted by molar-refractivity contribution is 0.0769. The van der Waals surface area contributed by atoms with Gasteiger partial charge in [0.2, 0.25) is 0 Å². The molecule has 1 amide bonds. The number of aliphatic hydroxyl groups excluding tert-OH is 1. The monoisotopic (exact) mass is 272 g/mol. The molecule has 0 aliphatic carbocycles. The van der Waals surface area contributed by atoms with E-state index in [1.165, 1.54) is 0 Å². The number of amides is 1. The number of nitrogens with zero attached hydrogens (tertiary/aromatic N) is 1. The van der Waals surface area contributed by atoms with Gasteiger partial charge in [0.15, 0.2) is 0 Å². The lowest BCUT2D eigenvalue weighted by atomic mass is 10.1. The van der Waals surface area contributed by atoms with Crippen molar-refractivity contribution in [1.29, 1.82) is 0 Å². The number of carbonyl (C=O) groups excluding carboxylic acids is 1. The van der Waals surface area contributed by atoms with E-state index in [1.54, 1.807) is 31.0 Å². The van der Waals surface area contributed by atoms with E-state index in [0.29, 0.717) is 24.2 Å². The number of nitrogens with two attached hydrogens (primary N) is 1. The van der Waals surface area contributed by atoms with Crippen molar-refractivity contribution in [2.45, 2.75) is 26.4 Å². The Balaban J connectivity index is 0.00000289. The van der Waals surface area contributed by atoms with Crippen molar-refractivity contribution in [2.24, 2.45) is 0 Å². The molecular formula is C13H21ClN2O2. The molecule has 0 fully saturated rings. The molecule has 0 bridgehead atoms. The smallest absolute Gasteiger partial charge is 0.253 e. The van der Waals surface area contributed by atoms with Crippen molar-refractivity contribution in [2.75, 3.05) is 19.3 Å². The third-order valence-corrected chi connectivity index (χ3v) is 2.76. The van der Waals surface area contributed by atoms with E-state index in [2.05, 4.69) is 0 Å². The van der Waals surface area contributed by atoms with Gasteiger partial charge in [0.1, 0.15) is 0 Å². The summed E-state index contributed by atoms with van der Waals surface area (Å²) in [7, 11) is 1.72. The number of benzene rings is 1. The molecule has 1 rings (SSSR count). The summed E-state index contributed by atoms with van der Waals surface area (Å²) in [5.74, 6) is -0.0719. The molecule has 102 valence electrons. The number of aryl methyl sites for hydroxylation is 1. The molecule has 3 N–H and O–H groups in total. The predicted molar refractivity (Wildman–Crippen MR) is 76.1 cm³/mol. The highest BCUT2D eigenvalue weighted by molar-refractivity contribution is 5.95. The maximum atomic E-state index is 12.0. The van der Waals surface area contributed by atoms with Crippen LogP contribution in [0.4, 0.5) is 5.69 Å². The number of carbonyl (C=O) groups is 1. The van der Waals surface area contributed by atoms with Crippen molar-refractivity contribution in [3.05, 3.63) is 29.3 Å². The van der Waals surface area contributed by atoms with Gasteiger partial charge in [0.05, 0.1) is 6.10 Å². The van der Waals surface area contributed by atoms with E-state index in [0.717, 1.165) is 5.56 Å². The zero-order valence-corrected chi connectivity index (χ0v) is 11.8. The maximum absolute atomic E-state index is 12.0. The highest BCUT2D eigenvalue weighted by Crippen LogP contribution is 2.14. The summed E-state index contributed by atoms with van der Waals surface area (Å²) in [6, 6.07) is 5.30. The summed E-state index contributed by atoms with van der Waals surface area (Å²) in [6.45, 7) is 4.15. The van der Waals surface area contributed by atoms with Crippen LogP contribution in [0.1, 0.15) is 29.3 Å². The van der Waals surface area contributed by atoms with Crippen LogP contribution in [0.15, 0.2) is 18.2 Å². The third-order valence-electron chi connectivity index (χ3n) is 2.76. The van der Waals surface area contributed by atoms with Gasteiger partial charge in [-0.05, 0) is 38.0 Å². The SMILES string of the molecule is Cc1ccc(C(=O)N(C)CCC(C)O)cc1N.Cl. The van der Waals surface area contributed by atoms with Gasteiger partial charge in [-0.25, -0.2) is 0 Å². The number of halogens is 1. The largest absolute Gasteiger partial charge is 0.398 e. The molecule has 1 aromatic carbocycles. The normalized spacial score (nSPS) is 11.6. The molecule has 0 aliphatic rings. The van der Waals surface area contributed by atoms with Crippen LogP contribution in [-0.4, -0.2) is 35.6 Å². The van der Waals surface area contributed by atoms with Crippen LogP contribution < -0.4 is 5.73 Å². The van der Waals surface area contributed by atoms with Crippen LogP contribution in [-0.2, 0) is 0 Å². The van der Waals surface area contributed by atoms with Crippen molar-refractivity contribution in [1.82, 2.24) is 4.90 Å². The Labute approximate surface area is 114 Å². The first kappa shape index (κ1) is 16.7. The molecule has 1 atom stereocenters. The van der Waals surface area contributed by atoms with E-state index in [9.17, 15) is 9.90 Å². The van der Waals surface area contributed by atoms with Crippen molar-refractivity contribution >= 4 is 24.0 Å². The first-order valence-electron chi connectivity index (χ1n) is 5.71. The standard InChI is InChI=1S/C13H20N2O2.ClH/c1-9-4-5-11(8-12(9)14)13(17)15(3)7-6-10(2)16;/h4-5,8,10,16H,6-7,14H2,1-3H3;1H. The number of rotatable bonds is 4.